The highest BCUT2D eigenvalue weighted by Crippen LogP contribution is 2.28. The van der Waals surface area contributed by atoms with E-state index < -0.39 is 0 Å². The molecule has 0 radical (unpaired) electrons. The fourth-order valence-corrected chi connectivity index (χ4v) is 4.35. The van der Waals surface area contributed by atoms with Crippen LogP contribution >= 0.6 is 0 Å². The van der Waals surface area contributed by atoms with E-state index in [1.165, 1.54) is 49.8 Å². The number of phenols is 1. The highest BCUT2D eigenvalue weighted by atomic mass is 16.3. The van der Waals surface area contributed by atoms with E-state index in [0.717, 1.165) is 36.9 Å². The molecule has 2 aromatic rings. The number of unbranched alkanes of at least 4 members (excludes halogenated alkanes) is 4. The van der Waals surface area contributed by atoms with Crippen LogP contribution in [-0.4, -0.2) is 22.6 Å². The Balaban J connectivity index is 1.49. The van der Waals surface area contributed by atoms with Gasteiger partial charge in [0.2, 0.25) is 0 Å². The smallest absolute Gasteiger partial charge is 0.116 e. The summed E-state index contributed by atoms with van der Waals surface area (Å²) in [6.45, 7) is 7.72. The lowest BCUT2D eigenvalue weighted by atomic mass is 10.0. The van der Waals surface area contributed by atoms with Gasteiger partial charge in [-0.15, -0.1) is 0 Å². The van der Waals surface area contributed by atoms with Gasteiger partial charge in [0.1, 0.15) is 5.75 Å². The second kappa shape index (κ2) is 11.6. The Kier molecular flexibility index (Phi) is 8.62. The standard InChI is InChI=1S/C28H37NO/c1-3-4-5-6-9-20-29-23(2)18-19-27(29)16-8-7-12-24-13-10-14-25(21-24)26-15-11-17-28(30)22-26/h8,10-11,13-17,21-22,27,30H,2-7,9,12,18-20H2,1H3/b16-8+. The Labute approximate surface area is 182 Å². The fraction of sp³-hybridized carbons (Fsp3) is 0.429. The van der Waals surface area contributed by atoms with Crippen molar-refractivity contribution in [3.8, 4) is 16.9 Å². The number of phenolic OH excluding ortho intramolecular Hbond substituents is 1. The van der Waals surface area contributed by atoms with Gasteiger partial charge < -0.3 is 10.0 Å². The summed E-state index contributed by atoms with van der Waals surface area (Å²) >= 11 is 0. The minimum absolute atomic E-state index is 0.314. The van der Waals surface area contributed by atoms with Crippen molar-refractivity contribution in [3.05, 3.63) is 78.5 Å². The van der Waals surface area contributed by atoms with Crippen LogP contribution < -0.4 is 0 Å². The van der Waals surface area contributed by atoms with Crippen LogP contribution in [0.2, 0.25) is 0 Å². The maximum atomic E-state index is 9.73. The third-order valence-corrected chi connectivity index (χ3v) is 6.10. The van der Waals surface area contributed by atoms with E-state index in [1.54, 1.807) is 6.07 Å². The quantitative estimate of drug-likeness (QED) is 0.310. The van der Waals surface area contributed by atoms with Crippen LogP contribution in [0.25, 0.3) is 11.1 Å². The number of aromatic hydroxyl groups is 1. The van der Waals surface area contributed by atoms with E-state index in [1.807, 2.05) is 18.2 Å². The minimum atomic E-state index is 0.314. The second-order valence-corrected chi connectivity index (χ2v) is 8.50. The summed E-state index contributed by atoms with van der Waals surface area (Å²) in [7, 11) is 0. The molecule has 160 valence electrons. The first-order valence-corrected chi connectivity index (χ1v) is 11.7. The first kappa shape index (κ1) is 22.2. The average molecular weight is 404 g/mol. The zero-order chi connectivity index (χ0) is 21.2. The fourth-order valence-electron chi connectivity index (χ4n) is 4.35. The molecule has 2 aromatic carbocycles. The predicted octanol–water partition coefficient (Wildman–Crippen LogP) is 7.50. The van der Waals surface area contributed by atoms with Gasteiger partial charge in [0.15, 0.2) is 0 Å². The molecule has 30 heavy (non-hydrogen) atoms. The number of aryl methyl sites for hydroxylation is 1. The van der Waals surface area contributed by atoms with Crippen molar-refractivity contribution in [1.29, 1.82) is 0 Å². The summed E-state index contributed by atoms with van der Waals surface area (Å²) in [6, 6.07) is 16.7. The molecule has 1 N–H and O–H groups in total. The molecule has 2 heteroatoms. The van der Waals surface area contributed by atoms with Gasteiger partial charge in [-0.05, 0) is 60.9 Å². The van der Waals surface area contributed by atoms with Crippen LogP contribution in [0.1, 0.15) is 63.9 Å². The van der Waals surface area contributed by atoms with Crippen LogP contribution in [0.15, 0.2) is 73.0 Å². The molecule has 3 rings (SSSR count). The largest absolute Gasteiger partial charge is 0.508 e. The van der Waals surface area contributed by atoms with Gasteiger partial charge in [0.05, 0.1) is 0 Å². The molecule has 0 saturated carbocycles. The summed E-state index contributed by atoms with van der Waals surface area (Å²) < 4.78 is 0. The maximum absolute atomic E-state index is 9.73. The summed E-state index contributed by atoms with van der Waals surface area (Å²) in [5.41, 5.74) is 4.88. The second-order valence-electron chi connectivity index (χ2n) is 8.50. The molecule has 0 aliphatic carbocycles. The van der Waals surface area contributed by atoms with E-state index in [2.05, 4.69) is 54.8 Å². The van der Waals surface area contributed by atoms with Gasteiger partial charge in [0.25, 0.3) is 0 Å². The maximum Gasteiger partial charge on any atom is 0.116 e. The molecule has 1 aliphatic heterocycles. The average Bonchev–Trinajstić information content (AvgIpc) is 3.11. The SMILES string of the molecule is C=C1CCC(/C=C/CCc2cccc(-c3cccc(O)c3)c2)N1CCCCCCC. The van der Waals surface area contributed by atoms with Crippen LogP contribution in [-0.2, 0) is 6.42 Å². The van der Waals surface area contributed by atoms with Gasteiger partial charge in [-0.1, -0.05) is 87.7 Å². The zero-order valence-corrected chi connectivity index (χ0v) is 18.5. The van der Waals surface area contributed by atoms with E-state index in [-0.39, 0.29) is 0 Å². The number of rotatable bonds is 11. The monoisotopic (exact) mass is 403 g/mol. The number of allylic oxidation sites excluding steroid dienone is 2. The third-order valence-electron chi connectivity index (χ3n) is 6.10. The van der Waals surface area contributed by atoms with Crippen LogP contribution in [0.5, 0.6) is 5.75 Å². The van der Waals surface area contributed by atoms with E-state index in [4.69, 9.17) is 0 Å². The molecule has 2 nitrogen and oxygen atoms in total. The number of benzene rings is 2. The molecule has 1 saturated heterocycles. The molecule has 0 bridgehead atoms. The summed E-state index contributed by atoms with van der Waals surface area (Å²) in [5, 5.41) is 9.73. The molecule has 1 atom stereocenters. The van der Waals surface area contributed by atoms with Gasteiger partial charge >= 0.3 is 0 Å². The molecule has 1 aliphatic rings. The Morgan fingerprint density at radius 3 is 2.60 bits per heavy atom. The highest BCUT2D eigenvalue weighted by molar-refractivity contribution is 5.65. The Bertz CT molecular complexity index is 838. The first-order valence-electron chi connectivity index (χ1n) is 11.7. The molecule has 1 unspecified atom stereocenters. The van der Waals surface area contributed by atoms with Crippen molar-refractivity contribution >= 4 is 0 Å². The molecular weight excluding hydrogens is 366 g/mol. The number of hydrogen-bond donors (Lipinski definition) is 1. The van der Waals surface area contributed by atoms with Crippen molar-refractivity contribution in [2.24, 2.45) is 0 Å². The lowest BCUT2D eigenvalue weighted by Gasteiger charge is -2.25. The van der Waals surface area contributed by atoms with E-state index >= 15 is 0 Å². The minimum Gasteiger partial charge on any atom is -0.508 e. The van der Waals surface area contributed by atoms with Crippen molar-refractivity contribution in [2.45, 2.75) is 70.8 Å². The third kappa shape index (κ3) is 6.52. The van der Waals surface area contributed by atoms with Crippen LogP contribution in [0.4, 0.5) is 0 Å². The van der Waals surface area contributed by atoms with Crippen molar-refractivity contribution in [3.63, 3.8) is 0 Å². The number of nitrogens with zero attached hydrogens (tertiary/aromatic N) is 1. The Morgan fingerprint density at radius 1 is 1.03 bits per heavy atom. The number of hydrogen-bond acceptors (Lipinski definition) is 2. The predicted molar refractivity (Wildman–Crippen MR) is 129 cm³/mol. The van der Waals surface area contributed by atoms with Gasteiger partial charge in [0, 0.05) is 18.3 Å². The lowest BCUT2D eigenvalue weighted by molar-refractivity contribution is 0.325. The molecule has 0 amide bonds. The first-order chi connectivity index (χ1) is 14.7. The Morgan fingerprint density at radius 2 is 1.80 bits per heavy atom. The van der Waals surface area contributed by atoms with Crippen molar-refractivity contribution < 1.29 is 5.11 Å². The van der Waals surface area contributed by atoms with E-state index in [0.29, 0.717) is 11.8 Å². The zero-order valence-electron chi connectivity index (χ0n) is 18.5. The summed E-state index contributed by atoms with van der Waals surface area (Å²) in [5.74, 6) is 0.314. The van der Waals surface area contributed by atoms with Gasteiger partial charge in [-0.25, -0.2) is 0 Å². The molecule has 0 spiro atoms. The van der Waals surface area contributed by atoms with Crippen molar-refractivity contribution in [2.75, 3.05) is 6.54 Å². The molecule has 0 aromatic heterocycles. The summed E-state index contributed by atoms with van der Waals surface area (Å²) in [6.07, 6.45) is 15.8. The lowest BCUT2D eigenvalue weighted by Crippen LogP contribution is -2.27. The Hall–Kier alpha value is -2.48. The van der Waals surface area contributed by atoms with Crippen LogP contribution in [0, 0.1) is 0 Å². The number of likely N-dealkylation sites (tertiary alicyclic amines) is 1. The van der Waals surface area contributed by atoms with Gasteiger partial charge in [-0.2, -0.15) is 0 Å². The molecular formula is C28H37NO. The van der Waals surface area contributed by atoms with E-state index in [9.17, 15) is 5.11 Å². The highest BCUT2D eigenvalue weighted by Gasteiger charge is 2.23. The topological polar surface area (TPSA) is 23.5 Å². The van der Waals surface area contributed by atoms with Crippen LogP contribution in [0.3, 0.4) is 0 Å². The molecule has 1 fully saturated rings. The normalized spacial score (nSPS) is 16.6. The van der Waals surface area contributed by atoms with Gasteiger partial charge in [-0.3, -0.25) is 0 Å². The summed E-state index contributed by atoms with van der Waals surface area (Å²) in [4.78, 5) is 2.53. The van der Waals surface area contributed by atoms with Crippen molar-refractivity contribution in [1.82, 2.24) is 4.90 Å². The molecule has 1 heterocycles.